The summed E-state index contributed by atoms with van der Waals surface area (Å²) in [7, 11) is 0. The van der Waals surface area contributed by atoms with Crippen LogP contribution in [0.5, 0.6) is 0 Å². The maximum absolute atomic E-state index is 12.3. The molecule has 88 valence electrons. The van der Waals surface area contributed by atoms with Crippen molar-refractivity contribution in [2.75, 3.05) is 0 Å². The summed E-state index contributed by atoms with van der Waals surface area (Å²) >= 11 is 0. The van der Waals surface area contributed by atoms with Gasteiger partial charge in [-0.1, -0.05) is 6.07 Å². The van der Waals surface area contributed by atoms with Gasteiger partial charge in [0.25, 0.3) is 5.56 Å². The predicted octanol–water partition coefficient (Wildman–Crippen LogP) is 2.09. The van der Waals surface area contributed by atoms with E-state index in [9.17, 15) is 4.79 Å². The topological polar surface area (TPSA) is 47.8 Å². The summed E-state index contributed by atoms with van der Waals surface area (Å²) in [6.45, 7) is 1.97. The zero-order chi connectivity index (χ0) is 12.5. The van der Waals surface area contributed by atoms with E-state index in [1.165, 1.54) is 4.57 Å². The van der Waals surface area contributed by atoms with Gasteiger partial charge >= 0.3 is 0 Å². The Bertz CT molecular complexity index is 777. The average molecular weight is 237 g/mol. The Morgan fingerprint density at radius 2 is 2.00 bits per heavy atom. The van der Waals surface area contributed by atoms with E-state index < -0.39 is 0 Å². The van der Waals surface area contributed by atoms with Gasteiger partial charge in [-0.15, -0.1) is 0 Å². The summed E-state index contributed by atoms with van der Waals surface area (Å²) < 4.78 is 1.52. The Morgan fingerprint density at radius 3 is 2.83 bits per heavy atom. The number of rotatable bonds is 1. The fraction of sp³-hybridized carbons (Fsp3) is 0.0714. The minimum atomic E-state index is -0.147. The molecule has 0 saturated carbocycles. The van der Waals surface area contributed by atoms with E-state index in [0.29, 0.717) is 11.3 Å². The zero-order valence-corrected chi connectivity index (χ0v) is 9.87. The lowest BCUT2D eigenvalue weighted by Gasteiger charge is -2.06. The van der Waals surface area contributed by atoms with E-state index in [-0.39, 0.29) is 5.56 Å². The molecule has 0 saturated heterocycles. The SMILES string of the molecule is Cc1ccnc(-n2ccc3cccnc3c2=O)c1. The van der Waals surface area contributed by atoms with Crippen LogP contribution in [0.1, 0.15) is 5.56 Å². The van der Waals surface area contributed by atoms with E-state index in [1.807, 2.05) is 37.3 Å². The van der Waals surface area contributed by atoms with E-state index >= 15 is 0 Å². The Hall–Kier alpha value is -2.49. The lowest BCUT2D eigenvalue weighted by molar-refractivity contribution is 0.946. The number of aromatic nitrogens is 3. The molecule has 0 amide bonds. The fourth-order valence-electron chi connectivity index (χ4n) is 1.90. The number of hydrogen-bond acceptors (Lipinski definition) is 3. The molecule has 0 radical (unpaired) electrons. The quantitative estimate of drug-likeness (QED) is 0.651. The van der Waals surface area contributed by atoms with Gasteiger partial charge in [-0.25, -0.2) is 4.98 Å². The van der Waals surface area contributed by atoms with Crippen molar-refractivity contribution in [1.29, 1.82) is 0 Å². The molecule has 3 heterocycles. The second-order valence-corrected chi connectivity index (χ2v) is 4.12. The first-order valence-electron chi connectivity index (χ1n) is 5.65. The molecule has 3 aromatic rings. The molecule has 0 aliphatic heterocycles. The monoisotopic (exact) mass is 237 g/mol. The zero-order valence-electron chi connectivity index (χ0n) is 9.87. The Balaban J connectivity index is 2.31. The number of nitrogens with zero attached hydrogens (tertiary/aromatic N) is 3. The summed E-state index contributed by atoms with van der Waals surface area (Å²) in [4.78, 5) is 20.6. The molecule has 4 heteroatoms. The van der Waals surface area contributed by atoms with E-state index in [2.05, 4.69) is 9.97 Å². The van der Waals surface area contributed by atoms with Crippen molar-refractivity contribution in [3.8, 4) is 5.82 Å². The van der Waals surface area contributed by atoms with Crippen molar-refractivity contribution in [3.05, 3.63) is 64.8 Å². The average Bonchev–Trinajstić information content (AvgIpc) is 2.39. The highest BCUT2D eigenvalue weighted by Gasteiger charge is 2.05. The molecule has 3 aromatic heterocycles. The highest BCUT2D eigenvalue weighted by atomic mass is 16.1. The summed E-state index contributed by atoms with van der Waals surface area (Å²) in [5.41, 5.74) is 1.38. The number of aryl methyl sites for hydroxylation is 1. The molecular weight excluding hydrogens is 226 g/mol. The Morgan fingerprint density at radius 1 is 1.11 bits per heavy atom. The molecule has 0 spiro atoms. The maximum Gasteiger partial charge on any atom is 0.282 e. The second kappa shape index (κ2) is 4.07. The van der Waals surface area contributed by atoms with Gasteiger partial charge in [0.15, 0.2) is 0 Å². The first kappa shape index (κ1) is 10.7. The van der Waals surface area contributed by atoms with Crippen LogP contribution >= 0.6 is 0 Å². The van der Waals surface area contributed by atoms with Crippen LogP contribution in [-0.2, 0) is 0 Å². The molecule has 0 fully saturated rings. The fourth-order valence-corrected chi connectivity index (χ4v) is 1.90. The van der Waals surface area contributed by atoms with Crippen molar-refractivity contribution in [3.63, 3.8) is 0 Å². The van der Waals surface area contributed by atoms with Crippen LogP contribution in [0.2, 0.25) is 0 Å². The summed E-state index contributed by atoms with van der Waals surface area (Å²) in [6, 6.07) is 9.33. The van der Waals surface area contributed by atoms with Crippen LogP contribution in [-0.4, -0.2) is 14.5 Å². The van der Waals surface area contributed by atoms with Gasteiger partial charge < -0.3 is 0 Å². The molecule has 0 bridgehead atoms. The van der Waals surface area contributed by atoms with Gasteiger partial charge in [0.1, 0.15) is 11.3 Å². The minimum absolute atomic E-state index is 0.147. The lowest BCUT2D eigenvalue weighted by Crippen LogP contribution is -2.19. The Labute approximate surface area is 104 Å². The molecule has 3 rings (SSSR count). The van der Waals surface area contributed by atoms with Crippen LogP contribution in [0.25, 0.3) is 16.7 Å². The van der Waals surface area contributed by atoms with Crippen LogP contribution in [0.3, 0.4) is 0 Å². The van der Waals surface area contributed by atoms with Crippen molar-refractivity contribution >= 4 is 10.9 Å². The molecule has 0 N–H and O–H groups in total. The molecule has 4 nitrogen and oxygen atoms in total. The summed E-state index contributed by atoms with van der Waals surface area (Å²) in [5.74, 6) is 0.618. The number of fused-ring (bicyclic) bond motifs is 1. The maximum atomic E-state index is 12.3. The normalized spacial score (nSPS) is 10.7. The molecule has 18 heavy (non-hydrogen) atoms. The van der Waals surface area contributed by atoms with Gasteiger partial charge in [-0.2, -0.15) is 0 Å². The van der Waals surface area contributed by atoms with Gasteiger partial charge in [-0.3, -0.25) is 14.3 Å². The number of hydrogen-bond donors (Lipinski definition) is 0. The predicted molar refractivity (Wildman–Crippen MR) is 69.9 cm³/mol. The third kappa shape index (κ3) is 1.68. The van der Waals surface area contributed by atoms with Crippen molar-refractivity contribution < 1.29 is 0 Å². The van der Waals surface area contributed by atoms with Gasteiger partial charge in [-0.05, 0) is 36.8 Å². The third-order valence-corrected chi connectivity index (χ3v) is 2.81. The van der Waals surface area contributed by atoms with E-state index in [0.717, 1.165) is 10.9 Å². The van der Waals surface area contributed by atoms with Crippen LogP contribution in [0.15, 0.2) is 53.7 Å². The third-order valence-electron chi connectivity index (χ3n) is 2.81. The highest BCUT2D eigenvalue weighted by Crippen LogP contribution is 2.09. The second-order valence-electron chi connectivity index (χ2n) is 4.12. The molecule has 0 unspecified atom stereocenters. The molecule has 0 atom stereocenters. The summed E-state index contributed by atoms with van der Waals surface area (Å²) in [5, 5.41) is 0.839. The Kier molecular flexibility index (Phi) is 2.41. The molecule has 0 aliphatic rings. The van der Waals surface area contributed by atoms with Crippen LogP contribution in [0.4, 0.5) is 0 Å². The molecular formula is C14H11N3O. The smallest absolute Gasteiger partial charge is 0.266 e. The minimum Gasteiger partial charge on any atom is -0.266 e. The van der Waals surface area contributed by atoms with E-state index in [4.69, 9.17) is 0 Å². The number of pyridine rings is 3. The van der Waals surface area contributed by atoms with Crippen LogP contribution < -0.4 is 5.56 Å². The molecule has 0 aliphatic carbocycles. The first-order valence-corrected chi connectivity index (χ1v) is 5.65. The largest absolute Gasteiger partial charge is 0.282 e. The molecule has 0 aromatic carbocycles. The summed E-state index contributed by atoms with van der Waals surface area (Å²) in [6.07, 6.45) is 5.05. The van der Waals surface area contributed by atoms with Gasteiger partial charge in [0.05, 0.1) is 0 Å². The van der Waals surface area contributed by atoms with Gasteiger partial charge in [0.2, 0.25) is 0 Å². The van der Waals surface area contributed by atoms with E-state index in [1.54, 1.807) is 18.6 Å². The van der Waals surface area contributed by atoms with Crippen molar-refractivity contribution in [2.45, 2.75) is 6.92 Å². The van der Waals surface area contributed by atoms with Crippen LogP contribution in [0, 0.1) is 6.92 Å². The van der Waals surface area contributed by atoms with Crippen molar-refractivity contribution in [1.82, 2.24) is 14.5 Å². The highest BCUT2D eigenvalue weighted by molar-refractivity contribution is 5.77. The lowest BCUT2D eigenvalue weighted by atomic mass is 10.2. The first-order chi connectivity index (χ1) is 8.75. The van der Waals surface area contributed by atoms with Gasteiger partial charge in [0, 0.05) is 24.0 Å². The van der Waals surface area contributed by atoms with Crippen molar-refractivity contribution in [2.24, 2.45) is 0 Å². The standard InChI is InChI=1S/C14H11N3O/c1-10-4-7-15-12(9-10)17-8-5-11-3-2-6-16-13(11)14(17)18/h2-9H,1H3.